The molecule has 0 bridgehead atoms. The minimum absolute atomic E-state index is 0.784. The lowest BCUT2D eigenvalue weighted by Crippen LogP contribution is -2.36. The minimum atomic E-state index is 0.784. The fraction of sp³-hybridized carbons (Fsp3) is 0.348. The fourth-order valence-corrected chi connectivity index (χ4v) is 5.53. The summed E-state index contributed by atoms with van der Waals surface area (Å²) in [4.78, 5) is 13.3. The van der Waals surface area contributed by atoms with E-state index in [2.05, 4.69) is 45.1 Å². The van der Waals surface area contributed by atoms with Gasteiger partial charge < -0.3 is 24.3 Å². The maximum absolute atomic E-state index is 5.48. The van der Waals surface area contributed by atoms with Gasteiger partial charge in [-0.15, -0.1) is 0 Å². The van der Waals surface area contributed by atoms with Crippen LogP contribution in [-0.4, -0.2) is 49.9 Å². The van der Waals surface area contributed by atoms with E-state index in [4.69, 9.17) is 14.5 Å². The molecule has 30 heavy (non-hydrogen) atoms. The SMILES string of the molecule is COc1ccc2[nH]c3c(c2c1)CN(c1ccc2sc(N4CCOCC4)nc2c1)CC3. The van der Waals surface area contributed by atoms with Gasteiger partial charge in [0, 0.05) is 60.4 Å². The molecule has 2 aromatic heterocycles. The molecule has 4 heterocycles. The number of nitrogens with zero attached hydrogens (tertiary/aromatic N) is 3. The molecular formula is C23H24N4O2S. The van der Waals surface area contributed by atoms with Crippen LogP contribution in [0, 0.1) is 0 Å². The maximum Gasteiger partial charge on any atom is 0.186 e. The Bertz CT molecular complexity index is 1220. The van der Waals surface area contributed by atoms with E-state index < -0.39 is 0 Å². The summed E-state index contributed by atoms with van der Waals surface area (Å²) in [7, 11) is 1.72. The van der Waals surface area contributed by atoms with Crippen molar-refractivity contribution in [2.24, 2.45) is 0 Å². The molecule has 0 amide bonds. The molecule has 0 unspecified atom stereocenters. The van der Waals surface area contributed by atoms with Gasteiger partial charge in [0.05, 0.1) is 30.5 Å². The monoisotopic (exact) mass is 420 g/mol. The van der Waals surface area contributed by atoms with Crippen molar-refractivity contribution in [1.29, 1.82) is 0 Å². The molecule has 154 valence electrons. The number of methoxy groups -OCH3 is 1. The first-order valence-electron chi connectivity index (χ1n) is 10.4. The molecule has 2 aromatic carbocycles. The van der Waals surface area contributed by atoms with Crippen molar-refractivity contribution < 1.29 is 9.47 Å². The van der Waals surface area contributed by atoms with Crippen LogP contribution in [0.25, 0.3) is 21.1 Å². The second kappa shape index (κ2) is 7.18. The third-order valence-electron chi connectivity index (χ3n) is 6.19. The predicted molar refractivity (Wildman–Crippen MR) is 122 cm³/mol. The van der Waals surface area contributed by atoms with Crippen LogP contribution < -0.4 is 14.5 Å². The Hall–Kier alpha value is -2.77. The zero-order valence-corrected chi connectivity index (χ0v) is 17.8. The molecule has 2 aliphatic rings. The van der Waals surface area contributed by atoms with E-state index in [0.717, 1.165) is 62.2 Å². The Labute approximate surface area is 179 Å². The van der Waals surface area contributed by atoms with Crippen molar-refractivity contribution >= 4 is 43.3 Å². The largest absolute Gasteiger partial charge is 0.497 e. The van der Waals surface area contributed by atoms with E-state index in [9.17, 15) is 0 Å². The predicted octanol–water partition coefficient (Wildman–Crippen LogP) is 4.19. The number of aromatic nitrogens is 2. The van der Waals surface area contributed by atoms with Crippen LogP contribution >= 0.6 is 11.3 Å². The molecule has 6 nitrogen and oxygen atoms in total. The van der Waals surface area contributed by atoms with Gasteiger partial charge in [-0.1, -0.05) is 11.3 Å². The fourth-order valence-electron chi connectivity index (χ4n) is 4.53. The number of fused-ring (bicyclic) bond motifs is 4. The van der Waals surface area contributed by atoms with Crippen LogP contribution in [0.4, 0.5) is 10.8 Å². The van der Waals surface area contributed by atoms with Gasteiger partial charge in [-0.25, -0.2) is 4.98 Å². The van der Waals surface area contributed by atoms with Crippen LogP contribution in [0.3, 0.4) is 0 Å². The normalized spacial score (nSPS) is 17.0. The Morgan fingerprint density at radius 2 is 1.97 bits per heavy atom. The van der Waals surface area contributed by atoms with Crippen molar-refractivity contribution in [3.63, 3.8) is 0 Å². The summed E-state index contributed by atoms with van der Waals surface area (Å²) >= 11 is 1.78. The number of morpholine rings is 1. The summed E-state index contributed by atoms with van der Waals surface area (Å²) in [6, 6.07) is 13.0. The summed E-state index contributed by atoms with van der Waals surface area (Å²) in [5, 5.41) is 2.37. The van der Waals surface area contributed by atoms with Crippen LogP contribution in [-0.2, 0) is 17.7 Å². The number of nitrogens with one attached hydrogen (secondary N) is 1. The van der Waals surface area contributed by atoms with Crippen LogP contribution in [0.1, 0.15) is 11.3 Å². The molecule has 4 aromatic rings. The van der Waals surface area contributed by atoms with E-state index in [1.54, 1.807) is 18.4 Å². The van der Waals surface area contributed by atoms with Crippen molar-refractivity contribution in [1.82, 2.24) is 9.97 Å². The highest BCUT2D eigenvalue weighted by Crippen LogP contribution is 2.35. The molecule has 0 aliphatic carbocycles. The van der Waals surface area contributed by atoms with Crippen LogP contribution in [0.2, 0.25) is 0 Å². The van der Waals surface area contributed by atoms with Gasteiger partial charge in [0.15, 0.2) is 5.13 Å². The second-order valence-corrected chi connectivity index (χ2v) is 8.92. The molecule has 2 aliphatic heterocycles. The highest BCUT2D eigenvalue weighted by atomic mass is 32.1. The molecule has 6 rings (SSSR count). The zero-order chi connectivity index (χ0) is 20.1. The topological polar surface area (TPSA) is 53.6 Å². The van der Waals surface area contributed by atoms with Gasteiger partial charge >= 0.3 is 0 Å². The standard InChI is InChI=1S/C23H24N4O2S/c1-28-16-3-4-19-17(13-16)18-14-27(7-6-20(18)24-19)15-2-5-22-21(12-15)25-23(30-22)26-8-10-29-11-9-26/h2-5,12-13,24H,6-11,14H2,1H3. The summed E-state index contributed by atoms with van der Waals surface area (Å²) in [6.07, 6.45) is 1.01. The zero-order valence-electron chi connectivity index (χ0n) is 17.0. The molecule has 1 N–H and O–H groups in total. The first kappa shape index (κ1) is 18.0. The molecule has 0 atom stereocenters. The summed E-state index contributed by atoms with van der Waals surface area (Å²) in [5.41, 5.74) is 6.24. The smallest absolute Gasteiger partial charge is 0.186 e. The number of benzene rings is 2. The quantitative estimate of drug-likeness (QED) is 0.539. The van der Waals surface area contributed by atoms with Gasteiger partial charge in [-0.05, 0) is 36.4 Å². The van der Waals surface area contributed by atoms with E-state index >= 15 is 0 Å². The lowest BCUT2D eigenvalue weighted by molar-refractivity contribution is 0.122. The van der Waals surface area contributed by atoms with E-state index in [1.807, 2.05) is 6.07 Å². The van der Waals surface area contributed by atoms with E-state index in [-0.39, 0.29) is 0 Å². The third kappa shape index (κ3) is 3.00. The highest BCUT2D eigenvalue weighted by molar-refractivity contribution is 7.22. The van der Waals surface area contributed by atoms with Crippen molar-refractivity contribution in [2.75, 3.05) is 49.8 Å². The summed E-state index contributed by atoms with van der Waals surface area (Å²) in [5.74, 6) is 0.904. The number of hydrogen-bond acceptors (Lipinski definition) is 6. The maximum atomic E-state index is 5.48. The Morgan fingerprint density at radius 3 is 2.83 bits per heavy atom. The van der Waals surface area contributed by atoms with Gasteiger partial charge in [0.25, 0.3) is 0 Å². The van der Waals surface area contributed by atoms with Gasteiger partial charge in [0.2, 0.25) is 0 Å². The van der Waals surface area contributed by atoms with E-state index in [0.29, 0.717) is 0 Å². The molecule has 0 saturated carbocycles. The van der Waals surface area contributed by atoms with Gasteiger partial charge in [-0.3, -0.25) is 0 Å². The number of anilines is 2. The second-order valence-electron chi connectivity index (χ2n) is 7.91. The number of rotatable bonds is 3. The van der Waals surface area contributed by atoms with Crippen molar-refractivity contribution in [2.45, 2.75) is 13.0 Å². The number of H-pyrrole nitrogens is 1. The molecule has 0 radical (unpaired) electrons. The van der Waals surface area contributed by atoms with Crippen molar-refractivity contribution in [3.05, 3.63) is 47.7 Å². The molecule has 7 heteroatoms. The lowest BCUT2D eigenvalue weighted by Gasteiger charge is -2.29. The average Bonchev–Trinajstić information content (AvgIpc) is 3.39. The average molecular weight is 421 g/mol. The molecule has 0 spiro atoms. The summed E-state index contributed by atoms with van der Waals surface area (Å²) in [6.45, 7) is 5.31. The number of ether oxygens (including phenoxy) is 2. The first-order valence-corrected chi connectivity index (χ1v) is 11.3. The Balaban J connectivity index is 1.31. The molecular weight excluding hydrogens is 396 g/mol. The highest BCUT2D eigenvalue weighted by Gasteiger charge is 2.22. The van der Waals surface area contributed by atoms with Gasteiger partial charge in [0.1, 0.15) is 5.75 Å². The number of thiazole rings is 1. The van der Waals surface area contributed by atoms with E-state index in [1.165, 1.54) is 32.5 Å². The first-order chi connectivity index (χ1) is 14.8. The Morgan fingerprint density at radius 1 is 1.07 bits per heavy atom. The minimum Gasteiger partial charge on any atom is -0.497 e. The van der Waals surface area contributed by atoms with Crippen LogP contribution in [0.5, 0.6) is 5.75 Å². The molecule has 1 fully saturated rings. The number of hydrogen-bond donors (Lipinski definition) is 1. The summed E-state index contributed by atoms with van der Waals surface area (Å²) < 4.78 is 12.2. The van der Waals surface area contributed by atoms with Crippen molar-refractivity contribution in [3.8, 4) is 5.75 Å². The van der Waals surface area contributed by atoms with Crippen LogP contribution in [0.15, 0.2) is 36.4 Å². The van der Waals surface area contributed by atoms with Gasteiger partial charge in [-0.2, -0.15) is 0 Å². The third-order valence-corrected chi connectivity index (χ3v) is 7.29. The Kier molecular flexibility index (Phi) is 4.32. The number of aromatic amines is 1. The lowest BCUT2D eigenvalue weighted by atomic mass is 10.0. The molecule has 1 saturated heterocycles.